The van der Waals surface area contributed by atoms with Crippen LogP contribution in [0.3, 0.4) is 0 Å². The van der Waals surface area contributed by atoms with Crippen LogP contribution >= 0.6 is 0 Å². The van der Waals surface area contributed by atoms with Crippen molar-refractivity contribution >= 4 is 21.7 Å². The number of carbonyl (C=O) groups is 2. The van der Waals surface area contributed by atoms with Crippen molar-refractivity contribution in [1.82, 2.24) is 9.47 Å². The van der Waals surface area contributed by atoms with E-state index < -0.39 is 34.4 Å². The molecule has 0 bridgehead atoms. The Hall–Kier alpha value is -2.61. The van der Waals surface area contributed by atoms with E-state index in [9.17, 15) is 18.0 Å². The normalized spacial score (nSPS) is 18.2. The maximum atomic E-state index is 12.8. The first-order valence-corrected chi connectivity index (χ1v) is 10.5. The zero-order chi connectivity index (χ0) is 19.4. The molecule has 1 amide bonds. The largest absolute Gasteiger partial charge is 0.451 e. The molecule has 1 saturated heterocycles. The molecular formula is C19H22N2O5S. The molecule has 7 nitrogen and oxygen atoms in total. The second-order valence-corrected chi connectivity index (χ2v) is 8.87. The van der Waals surface area contributed by atoms with Gasteiger partial charge in [-0.15, -0.1) is 0 Å². The number of carbonyl (C=O) groups excluding carboxylic acids is 2. The predicted octanol–water partition coefficient (Wildman–Crippen LogP) is 1.40. The second kappa shape index (κ2) is 7.96. The Morgan fingerprint density at radius 1 is 1.19 bits per heavy atom. The molecule has 8 heteroatoms. The molecule has 27 heavy (non-hydrogen) atoms. The molecule has 1 aliphatic rings. The van der Waals surface area contributed by atoms with Gasteiger partial charge in [0.05, 0.1) is 11.5 Å². The minimum absolute atomic E-state index is 0.0582. The summed E-state index contributed by atoms with van der Waals surface area (Å²) in [5, 5.41) is 0. The van der Waals surface area contributed by atoms with Gasteiger partial charge in [0.1, 0.15) is 5.69 Å². The van der Waals surface area contributed by atoms with Crippen molar-refractivity contribution in [2.45, 2.75) is 19.0 Å². The molecular weight excluding hydrogens is 368 g/mol. The lowest BCUT2D eigenvalue weighted by Gasteiger charge is -2.28. The van der Waals surface area contributed by atoms with E-state index in [2.05, 4.69) is 0 Å². The smallest absolute Gasteiger partial charge is 0.355 e. The molecule has 1 aromatic carbocycles. The maximum absolute atomic E-state index is 12.8. The van der Waals surface area contributed by atoms with E-state index in [0.29, 0.717) is 12.1 Å². The minimum atomic E-state index is -3.14. The monoisotopic (exact) mass is 390 g/mol. The van der Waals surface area contributed by atoms with E-state index in [-0.39, 0.29) is 18.1 Å². The van der Waals surface area contributed by atoms with Gasteiger partial charge in [-0.05, 0) is 24.1 Å². The number of ether oxygens (including phenoxy) is 1. The van der Waals surface area contributed by atoms with Gasteiger partial charge in [0.2, 0.25) is 0 Å². The number of rotatable bonds is 6. The standard InChI is InChI=1S/C19H22N2O5S/c1-20-10-5-8-17(20)19(23)26-13-18(22)21(12-15-6-3-2-4-7-15)16-9-11-27(24,25)14-16/h2-8,10,16H,9,11-14H2,1H3/t16-/m1/s1. The summed E-state index contributed by atoms with van der Waals surface area (Å²) in [4.78, 5) is 26.4. The number of amides is 1. The van der Waals surface area contributed by atoms with Gasteiger partial charge in [-0.25, -0.2) is 13.2 Å². The van der Waals surface area contributed by atoms with Crippen LogP contribution in [-0.4, -0.2) is 53.9 Å². The molecule has 2 aromatic rings. The number of sulfone groups is 1. The van der Waals surface area contributed by atoms with Crippen LogP contribution in [0.2, 0.25) is 0 Å². The third-order valence-corrected chi connectivity index (χ3v) is 6.40. The van der Waals surface area contributed by atoms with E-state index in [1.54, 1.807) is 29.9 Å². The Balaban J connectivity index is 1.70. The number of aryl methyl sites for hydroxylation is 1. The summed E-state index contributed by atoms with van der Waals surface area (Å²) in [5.74, 6) is -0.977. The molecule has 0 spiro atoms. The van der Waals surface area contributed by atoms with Crippen LogP contribution in [0, 0.1) is 0 Å². The van der Waals surface area contributed by atoms with Crippen LogP contribution in [0.4, 0.5) is 0 Å². The topological polar surface area (TPSA) is 85.7 Å². The van der Waals surface area contributed by atoms with Crippen LogP contribution in [0.15, 0.2) is 48.7 Å². The highest BCUT2D eigenvalue weighted by Gasteiger charge is 2.35. The van der Waals surface area contributed by atoms with Gasteiger partial charge < -0.3 is 14.2 Å². The number of hydrogen-bond donors (Lipinski definition) is 0. The van der Waals surface area contributed by atoms with Crippen LogP contribution in [-0.2, 0) is 33.0 Å². The molecule has 0 unspecified atom stereocenters. The second-order valence-electron chi connectivity index (χ2n) is 6.64. The third kappa shape index (κ3) is 4.77. The Bertz CT molecular complexity index is 921. The minimum Gasteiger partial charge on any atom is -0.451 e. The summed E-state index contributed by atoms with van der Waals surface area (Å²) in [7, 11) is -1.43. The fourth-order valence-electron chi connectivity index (χ4n) is 3.18. The van der Waals surface area contributed by atoms with Crippen molar-refractivity contribution in [2.24, 2.45) is 7.05 Å². The first-order chi connectivity index (χ1) is 12.9. The van der Waals surface area contributed by atoms with Gasteiger partial charge in [0.15, 0.2) is 16.4 Å². The van der Waals surface area contributed by atoms with Crippen LogP contribution < -0.4 is 0 Å². The van der Waals surface area contributed by atoms with Gasteiger partial charge in [0.25, 0.3) is 5.91 Å². The van der Waals surface area contributed by atoms with Crippen molar-refractivity contribution in [2.75, 3.05) is 18.1 Å². The first-order valence-electron chi connectivity index (χ1n) is 8.68. The lowest BCUT2D eigenvalue weighted by atomic mass is 10.1. The van der Waals surface area contributed by atoms with Gasteiger partial charge >= 0.3 is 5.97 Å². The molecule has 1 fully saturated rings. The van der Waals surface area contributed by atoms with Crippen molar-refractivity contribution < 1.29 is 22.7 Å². The quantitative estimate of drug-likeness (QED) is 0.696. The van der Waals surface area contributed by atoms with E-state index in [4.69, 9.17) is 4.74 Å². The fraction of sp³-hybridized carbons (Fsp3) is 0.368. The SMILES string of the molecule is Cn1cccc1C(=O)OCC(=O)N(Cc1ccccc1)[C@@H]1CCS(=O)(=O)C1. The van der Waals surface area contributed by atoms with Crippen LogP contribution in [0.25, 0.3) is 0 Å². The highest BCUT2D eigenvalue weighted by Crippen LogP contribution is 2.20. The average molecular weight is 390 g/mol. The Kier molecular flexibility index (Phi) is 5.65. The summed E-state index contributed by atoms with van der Waals surface area (Å²) in [6.07, 6.45) is 2.11. The molecule has 0 radical (unpaired) electrons. The van der Waals surface area contributed by atoms with E-state index in [1.807, 2.05) is 30.3 Å². The van der Waals surface area contributed by atoms with Crippen molar-refractivity contribution in [1.29, 1.82) is 0 Å². The van der Waals surface area contributed by atoms with Crippen LogP contribution in [0.5, 0.6) is 0 Å². The summed E-state index contributed by atoms with van der Waals surface area (Å²) < 4.78 is 30.5. The molecule has 2 heterocycles. The Morgan fingerprint density at radius 3 is 2.52 bits per heavy atom. The summed E-state index contributed by atoms with van der Waals surface area (Å²) in [6.45, 7) is -0.144. The highest BCUT2D eigenvalue weighted by molar-refractivity contribution is 7.91. The number of aromatic nitrogens is 1. The fourth-order valence-corrected chi connectivity index (χ4v) is 4.91. The van der Waals surface area contributed by atoms with Gasteiger partial charge in [0, 0.05) is 25.8 Å². The number of esters is 1. The van der Waals surface area contributed by atoms with Crippen LogP contribution in [0.1, 0.15) is 22.5 Å². The first kappa shape index (κ1) is 19.2. The Labute approximate surface area is 158 Å². The predicted molar refractivity (Wildman–Crippen MR) is 99.7 cm³/mol. The molecule has 1 atom stereocenters. The Morgan fingerprint density at radius 2 is 1.93 bits per heavy atom. The lowest BCUT2D eigenvalue weighted by Crippen LogP contribution is -2.42. The van der Waals surface area contributed by atoms with Gasteiger partial charge in [-0.2, -0.15) is 0 Å². The summed E-state index contributed by atoms with van der Waals surface area (Å²) in [6, 6.07) is 12.3. The maximum Gasteiger partial charge on any atom is 0.355 e. The number of hydrogen-bond acceptors (Lipinski definition) is 5. The van der Waals surface area contributed by atoms with Gasteiger partial charge in [-0.1, -0.05) is 30.3 Å². The highest BCUT2D eigenvalue weighted by atomic mass is 32.2. The summed E-state index contributed by atoms with van der Waals surface area (Å²) >= 11 is 0. The average Bonchev–Trinajstić information content (AvgIpc) is 3.23. The molecule has 0 aliphatic carbocycles. The van der Waals surface area contributed by atoms with Crippen molar-refractivity contribution in [3.63, 3.8) is 0 Å². The molecule has 0 N–H and O–H groups in total. The zero-order valence-electron chi connectivity index (χ0n) is 15.1. The molecule has 144 valence electrons. The number of nitrogens with zero attached hydrogens (tertiary/aromatic N) is 2. The molecule has 1 aromatic heterocycles. The molecule has 0 saturated carbocycles. The molecule has 3 rings (SSSR count). The summed E-state index contributed by atoms with van der Waals surface area (Å²) in [5.41, 5.74) is 1.24. The lowest BCUT2D eigenvalue weighted by molar-refractivity contribution is -0.137. The van der Waals surface area contributed by atoms with E-state index >= 15 is 0 Å². The third-order valence-electron chi connectivity index (χ3n) is 4.64. The van der Waals surface area contributed by atoms with Crippen molar-refractivity contribution in [3.8, 4) is 0 Å². The van der Waals surface area contributed by atoms with Gasteiger partial charge in [-0.3, -0.25) is 4.79 Å². The van der Waals surface area contributed by atoms with E-state index in [0.717, 1.165) is 5.56 Å². The zero-order valence-corrected chi connectivity index (χ0v) is 15.9. The number of benzene rings is 1. The molecule has 1 aliphatic heterocycles. The van der Waals surface area contributed by atoms with E-state index in [1.165, 1.54) is 4.90 Å². The van der Waals surface area contributed by atoms with Crippen molar-refractivity contribution in [3.05, 3.63) is 59.9 Å².